The first-order chi connectivity index (χ1) is 10.9. The molecule has 2 rings (SSSR count). The van der Waals surface area contributed by atoms with Crippen molar-refractivity contribution in [1.82, 2.24) is 9.80 Å². The monoisotopic (exact) mass is 320 g/mol. The van der Waals surface area contributed by atoms with Crippen LogP contribution in [0, 0.1) is 5.92 Å². The number of benzene rings is 1. The number of hydrogen-bond donors (Lipinski definition) is 2. The fourth-order valence-electron chi connectivity index (χ4n) is 3.24. The highest BCUT2D eigenvalue weighted by molar-refractivity contribution is 5.26. The maximum atomic E-state index is 10.4. The van der Waals surface area contributed by atoms with Crippen molar-refractivity contribution in [2.45, 2.75) is 45.3 Å². The minimum Gasteiger partial charge on any atom is -0.508 e. The molecule has 2 unspecified atom stereocenters. The molecule has 1 aliphatic heterocycles. The highest BCUT2D eigenvalue weighted by atomic mass is 16.3. The van der Waals surface area contributed by atoms with Gasteiger partial charge in [-0.25, -0.2) is 0 Å². The summed E-state index contributed by atoms with van der Waals surface area (Å²) < 4.78 is 0. The van der Waals surface area contributed by atoms with Gasteiger partial charge in [-0.15, -0.1) is 0 Å². The van der Waals surface area contributed by atoms with E-state index in [0.717, 1.165) is 32.0 Å². The van der Waals surface area contributed by atoms with Gasteiger partial charge in [0.1, 0.15) is 5.75 Å². The van der Waals surface area contributed by atoms with Gasteiger partial charge < -0.3 is 20.0 Å². The topological polar surface area (TPSA) is 46.9 Å². The van der Waals surface area contributed by atoms with Crippen LogP contribution >= 0.6 is 0 Å². The van der Waals surface area contributed by atoms with Gasteiger partial charge in [0.05, 0.1) is 6.10 Å². The Bertz CT molecular complexity index is 455. The van der Waals surface area contributed by atoms with Gasteiger partial charge in [-0.2, -0.15) is 0 Å². The van der Waals surface area contributed by atoms with Gasteiger partial charge in [0, 0.05) is 19.1 Å². The summed E-state index contributed by atoms with van der Waals surface area (Å²) in [4.78, 5) is 4.62. The van der Waals surface area contributed by atoms with Crippen LogP contribution in [0.1, 0.15) is 32.3 Å². The van der Waals surface area contributed by atoms with Crippen LogP contribution in [0.25, 0.3) is 0 Å². The number of hydrogen-bond acceptors (Lipinski definition) is 4. The number of phenols is 1. The van der Waals surface area contributed by atoms with E-state index >= 15 is 0 Å². The fraction of sp³-hybridized carbons (Fsp3) is 0.684. The van der Waals surface area contributed by atoms with Gasteiger partial charge in [0.2, 0.25) is 0 Å². The molecule has 1 aromatic carbocycles. The van der Waals surface area contributed by atoms with E-state index in [2.05, 4.69) is 30.7 Å². The molecule has 0 bridgehead atoms. The summed E-state index contributed by atoms with van der Waals surface area (Å²) in [5, 5.41) is 19.7. The van der Waals surface area contributed by atoms with Gasteiger partial charge in [-0.1, -0.05) is 19.1 Å². The second kappa shape index (κ2) is 8.67. The summed E-state index contributed by atoms with van der Waals surface area (Å²) in [6.45, 7) is 8.21. The number of aliphatic hydroxyl groups excluding tert-OH is 1. The molecule has 4 heteroatoms. The van der Waals surface area contributed by atoms with Crippen LogP contribution in [-0.2, 0) is 6.42 Å². The van der Waals surface area contributed by atoms with Crippen LogP contribution in [-0.4, -0.2) is 65.4 Å². The fourth-order valence-corrected chi connectivity index (χ4v) is 3.24. The third-order valence-corrected chi connectivity index (χ3v) is 5.06. The molecule has 2 N–H and O–H groups in total. The Kier molecular flexibility index (Phi) is 6.88. The van der Waals surface area contributed by atoms with E-state index in [4.69, 9.17) is 0 Å². The van der Waals surface area contributed by atoms with Crippen molar-refractivity contribution >= 4 is 0 Å². The lowest BCUT2D eigenvalue weighted by atomic mass is 9.99. The molecular formula is C19H32N2O2. The number of phenolic OH excluding ortho intramolecular Hbond substituents is 1. The minimum absolute atomic E-state index is 0.296. The van der Waals surface area contributed by atoms with Crippen LogP contribution in [0.3, 0.4) is 0 Å². The van der Waals surface area contributed by atoms with Crippen LogP contribution in [0.2, 0.25) is 0 Å². The quantitative estimate of drug-likeness (QED) is 0.809. The summed E-state index contributed by atoms with van der Waals surface area (Å²) in [7, 11) is 2.08. The van der Waals surface area contributed by atoms with Gasteiger partial charge >= 0.3 is 0 Å². The number of likely N-dealkylation sites (tertiary alicyclic amines) is 1. The normalized spacial score (nSPS) is 19.9. The van der Waals surface area contributed by atoms with Crippen molar-refractivity contribution in [2.24, 2.45) is 5.92 Å². The van der Waals surface area contributed by atoms with E-state index in [9.17, 15) is 10.2 Å². The van der Waals surface area contributed by atoms with Crippen LogP contribution in [0.5, 0.6) is 5.75 Å². The van der Waals surface area contributed by atoms with Gasteiger partial charge in [-0.05, 0) is 69.9 Å². The van der Waals surface area contributed by atoms with Crippen molar-refractivity contribution in [3.05, 3.63) is 29.8 Å². The Hall–Kier alpha value is -1.10. The van der Waals surface area contributed by atoms with Crippen molar-refractivity contribution in [3.8, 4) is 5.75 Å². The summed E-state index contributed by atoms with van der Waals surface area (Å²) in [6, 6.07) is 7.74. The highest BCUT2D eigenvalue weighted by Crippen LogP contribution is 2.17. The van der Waals surface area contributed by atoms with Gasteiger partial charge in [0.15, 0.2) is 0 Å². The number of aromatic hydroxyl groups is 1. The predicted octanol–water partition coefficient (Wildman–Crippen LogP) is 2.35. The lowest BCUT2D eigenvalue weighted by Gasteiger charge is -2.33. The average molecular weight is 320 g/mol. The Morgan fingerprint density at radius 3 is 2.43 bits per heavy atom. The van der Waals surface area contributed by atoms with Crippen molar-refractivity contribution in [1.29, 1.82) is 0 Å². The lowest BCUT2D eigenvalue weighted by molar-refractivity contribution is 0.0590. The molecule has 1 heterocycles. The minimum atomic E-state index is -0.296. The summed E-state index contributed by atoms with van der Waals surface area (Å²) in [6.07, 6.45) is 3.13. The second-order valence-electron chi connectivity index (χ2n) is 7.30. The number of nitrogens with zero attached hydrogens (tertiary/aromatic N) is 2. The molecule has 0 radical (unpaired) electrons. The standard InChI is InChI=1S/C19H32N2O2/c1-15-8-10-21(11-9-15)14-19(23)13-20(3)16(2)12-17-4-6-18(22)7-5-17/h4-7,15-16,19,22-23H,8-14H2,1-3H3. The number of rotatable bonds is 7. The molecule has 23 heavy (non-hydrogen) atoms. The molecule has 1 fully saturated rings. The van der Waals surface area contributed by atoms with E-state index in [-0.39, 0.29) is 6.10 Å². The van der Waals surface area contributed by atoms with Crippen molar-refractivity contribution in [3.63, 3.8) is 0 Å². The predicted molar refractivity (Wildman–Crippen MR) is 94.7 cm³/mol. The molecule has 1 aliphatic rings. The molecule has 2 atom stereocenters. The van der Waals surface area contributed by atoms with E-state index in [1.807, 2.05) is 12.1 Å². The van der Waals surface area contributed by atoms with Gasteiger partial charge in [0.25, 0.3) is 0 Å². The Morgan fingerprint density at radius 1 is 1.22 bits per heavy atom. The van der Waals surface area contributed by atoms with E-state index in [0.29, 0.717) is 18.3 Å². The molecule has 0 aliphatic carbocycles. The number of piperidine rings is 1. The summed E-state index contributed by atoms with van der Waals surface area (Å²) >= 11 is 0. The number of aliphatic hydroxyl groups is 1. The molecule has 0 saturated carbocycles. The van der Waals surface area contributed by atoms with Crippen LogP contribution in [0.15, 0.2) is 24.3 Å². The average Bonchev–Trinajstić information content (AvgIpc) is 2.51. The molecule has 0 aromatic heterocycles. The molecule has 0 spiro atoms. The maximum Gasteiger partial charge on any atom is 0.115 e. The molecule has 130 valence electrons. The summed E-state index contributed by atoms with van der Waals surface area (Å²) in [5.41, 5.74) is 1.21. The zero-order valence-corrected chi connectivity index (χ0v) is 14.8. The van der Waals surface area contributed by atoms with Crippen LogP contribution < -0.4 is 0 Å². The SMILES string of the molecule is CC1CCN(CC(O)CN(C)C(C)Cc2ccc(O)cc2)CC1. The zero-order chi connectivity index (χ0) is 16.8. The zero-order valence-electron chi connectivity index (χ0n) is 14.8. The third-order valence-electron chi connectivity index (χ3n) is 5.06. The first kappa shape index (κ1) is 18.2. The van der Waals surface area contributed by atoms with E-state index < -0.39 is 0 Å². The van der Waals surface area contributed by atoms with Crippen molar-refractivity contribution in [2.75, 3.05) is 33.2 Å². The molecule has 0 amide bonds. The first-order valence-electron chi connectivity index (χ1n) is 8.82. The Balaban J connectivity index is 1.73. The molecule has 4 nitrogen and oxygen atoms in total. The van der Waals surface area contributed by atoms with E-state index in [1.165, 1.54) is 18.4 Å². The largest absolute Gasteiger partial charge is 0.508 e. The maximum absolute atomic E-state index is 10.4. The Labute approximate surface area is 140 Å². The highest BCUT2D eigenvalue weighted by Gasteiger charge is 2.20. The first-order valence-corrected chi connectivity index (χ1v) is 8.82. The van der Waals surface area contributed by atoms with Gasteiger partial charge in [-0.3, -0.25) is 0 Å². The smallest absolute Gasteiger partial charge is 0.115 e. The second-order valence-corrected chi connectivity index (χ2v) is 7.30. The van der Waals surface area contributed by atoms with Crippen molar-refractivity contribution < 1.29 is 10.2 Å². The Morgan fingerprint density at radius 2 is 1.83 bits per heavy atom. The third kappa shape index (κ3) is 6.13. The number of β-amino-alcohol motifs (C(OH)–C–C–N with tert-alkyl or cyclic N) is 1. The summed E-state index contributed by atoms with van der Waals surface area (Å²) in [5.74, 6) is 1.14. The molecular weight excluding hydrogens is 288 g/mol. The molecule has 1 aromatic rings. The lowest BCUT2D eigenvalue weighted by Crippen LogP contribution is -2.44. The molecule has 1 saturated heterocycles. The van der Waals surface area contributed by atoms with E-state index in [1.54, 1.807) is 12.1 Å². The number of likely N-dealkylation sites (N-methyl/N-ethyl adjacent to an activating group) is 1. The van der Waals surface area contributed by atoms with Crippen LogP contribution in [0.4, 0.5) is 0 Å².